The highest BCUT2D eigenvalue weighted by molar-refractivity contribution is 7.73. The van der Waals surface area contributed by atoms with E-state index in [1.807, 2.05) is 20.8 Å². The number of hydrogen-bond donors (Lipinski definition) is 1. The van der Waals surface area contributed by atoms with Crippen LogP contribution in [0.5, 0.6) is 17.2 Å². The van der Waals surface area contributed by atoms with Crippen LogP contribution in [0.15, 0.2) is 12.1 Å². The summed E-state index contributed by atoms with van der Waals surface area (Å²) in [7, 11) is -1.23. The van der Waals surface area contributed by atoms with Gasteiger partial charge in [0.05, 0.1) is 12.4 Å². The maximum absolute atomic E-state index is 13.0. The second-order valence-electron chi connectivity index (χ2n) is 5.18. The number of methoxy groups -OCH3 is 1. The van der Waals surface area contributed by atoms with Gasteiger partial charge in [-0.15, -0.1) is 0 Å². The predicted octanol–water partition coefficient (Wildman–Crippen LogP) is 2.54. The molecule has 1 aliphatic rings. The minimum Gasteiger partial charge on any atom is -0.507 e. The summed E-state index contributed by atoms with van der Waals surface area (Å²) >= 11 is 0. The zero-order valence-electron chi connectivity index (χ0n) is 10.5. The lowest BCUT2D eigenvalue weighted by Gasteiger charge is -2.26. The molecule has 0 aliphatic carbocycles. The number of aromatic hydroxyl groups is 1. The third kappa shape index (κ3) is 1.71. The van der Waals surface area contributed by atoms with Crippen LogP contribution in [-0.4, -0.2) is 23.7 Å². The van der Waals surface area contributed by atoms with Crippen LogP contribution in [0.25, 0.3) is 0 Å². The summed E-state index contributed by atoms with van der Waals surface area (Å²) in [6.07, 6.45) is 0.145. The van der Waals surface area contributed by atoms with E-state index in [9.17, 15) is 9.67 Å². The second kappa shape index (κ2) is 3.67. The van der Waals surface area contributed by atoms with E-state index in [1.54, 1.807) is 6.07 Å². The summed E-state index contributed by atoms with van der Waals surface area (Å²) in [6.45, 7) is 5.70. The van der Waals surface area contributed by atoms with Crippen molar-refractivity contribution in [3.05, 3.63) is 12.1 Å². The van der Waals surface area contributed by atoms with Crippen molar-refractivity contribution < 1.29 is 19.1 Å². The maximum atomic E-state index is 13.0. The van der Waals surface area contributed by atoms with E-state index in [2.05, 4.69) is 0 Å². The van der Waals surface area contributed by atoms with Gasteiger partial charge < -0.3 is 19.1 Å². The molecule has 4 nitrogen and oxygen atoms in total. The van der Waals surface area contributed by atoms with E-state index in [4.69, 9.17) is 9.47 Å². The Morgan fingerprint density at radius 3 is 2.59 bits per heavy atom. The van der Waals surface area contributed by atoms with Gasteiger partial charge in [-0.05, 0) is 0 Å². The van der Waals surface area contributed by atoms with Crippen LogP contribution in [0.2, 0.25) is 0 Å². The monoisotopic (exact) mass is 256 g/mol. The van der Waals surface area contributed by atoms with E-state index in [0.717, 1.165) is 0 Å². The molecule has 94 valence electrons. The third-order valence-electron chi connectivity index (χ3n) is 3.11. The molecule has 0 spiro atoms. The molecule has 1 aromatic rings. The minimum atomic E-state index is -2.74. The number of phenols is 1. The molecule has 0 saturated heterocycles. The van der Waals surface area contributed by atoms with E-state index in [-0.39, 0.29) is 12.1 Å². The number of hydrogen-bond acceptors (Lipinski definition) is 4. The van der Waals surface area contributed by atoms with Gasteiger partial charge in [0.25, 0.3) is 0 Å². The highest BCUT2D eigenvalue weighted by Gasteiger charge is 2.47. The Balaban J connectivity index is 2.64. The molecule has 1 N–H and O–H groups in total. The largest absolute Gasteiger partial charge is 0.507 e. The molecule has 0 fully saturated rings. The van der Waals surface area contributed by atoms with Crippen molar-refractivity contribution >= 4 is 12.4 Å². The Bertz CT molecular complexity index is 502. The lowest BCUT2D eigenvalue weighted by molar-refractivity contribution is 0.377. The van der Waals surface area contributed by atoms with Gasteiger partial charge in [0.15, 0.2) is 7.14 Å². The second-order valence-corrected chi connectivity index (χ2v) is 8.70. The van der Waals surface area contributed by atoms with Crippen LogP contribution >= 0.6 is 7.14 Å². The Morgan fingerprint density at radius 1 is 1.41 bits per heavy atom. The third-order valence-corrected chi connectivity index (χ3v) is 6.94. The van der Waals surface area contributed by atoms with Gasteiger partial charge in [-0.1, -0.05) is 20.8 Å². The van der Waals surface area contributed by atoms with Crippen molar-refractivity contribution in [1.29, 1.82) is 0 Å². The van der Waals surface area contributed by atoms with Crippen LogP contribution in [0.4, 0.5) is 0 Å². The summed E-state index contributed by atoms with van der Waals surface area (Å²) < 4.78 is 23.5. The minimum absolute atomic E-state index is 0.00453. The molecular weight excluding hydrogens is 239 g/mol. The molecule has 5 heteroatoms. The summed E-state index contributed by atoms with van der Waals surface area (Å²) in [4.78, 5) is 0. The first kappa shape index (κ1) is 12.3. The summed E-state index contributed by atoms with van der Waals surface area (Å²) in [6, 6.07) is 3.15. The quantitative estimate of drug-likeness (QED) is 0.784. The number of rotatable bonds is 1. The van der Waals surface area contributed by atoms with Crippen molar-refractivity contribution in [3.8, 4) is 17.2 Å². The smallest absolute Gasteiger partial charge is 0.163 e. The first-order valence-electron chi connectivity index (χ1n) is 5.43. The zero-order chi connectivity index (χ0) is 12.8. The van der Waals surface area contributed by atoms with Crippen molar-refractivity contribution in [2.24, 2.45) is 0 Å². The predicted molar refractivity (Wildman–Crippen MR) is 67.1 cm³/mol. The SMILES string of the molecule is COc1cc(O)c2c(c1)OCP2(=O)C(C)(C)C. The van der Waals surface area contributed by atoms with Crippen LogP contribution < -0.4 is 14.8 Å². The number of phenolic OH excluding ortho intramolecular Hbond substituents is 1. The van der Waals surface area contributed by atoms with E-state index >= 15 is 0 Å². The average Bonchev–Trinajstić information content (AvgIpc) is 2.57. The van der Waals surface area contributed by atoms with Gasteiger partial charge in [-0.2, -0.15) is 0 Å². The Labute approximate surface area is 101 Å². The number of ether oxygens (including phenoxy) is 2. The lowest BCUT2D eigenvalue weighted by Crippen LogP contribution is -2.22. The normalized spacial score (nSPS) is 23.1. The first-order chi connectivity index (χ1) is 7.79. The molecule has 0 saturated carbocycles. The van der Waals surface area contributed by atoms with Gasteiger partial charge in [0.1, 0.15) is 23.6 Å². The fraction of sp³-hybridized carbons (Fsp3) is 0.500. The van der Waals surface area contributed by atoms with Gasteiger partial charge >= 0.3 is 0 Å². The van der Waals surface area contributed by atoms with Gasteiger partial charge in [0, 0.05) is 17.3 Å². The molecule has 1 atom stereocenters. The fourth-order valence-corrected chi connectivity index (χ4v) is 4.34. The molecule has 2 rings (SSSR count). The van der Waals surface area contributed by atoms with Crippen molar-refractivity contribution in [2.45, 2.75) is 25.9 Å². The molecular formula is C12H17O4P. The van der Waals surface area contributed by atoms with Crippen molar-refractivity contribution in [3.63, 3.8) is 0 Å². The van der Waals surface area contributed by atoms with Crippen LogP contribution in [0.3, 0.4) is 0 Å². The molecule has 1 aliphatic heterocycles. The Morgan fingerprint density at radius 2 is 2.06 bits per heavy atom. The molecule has 0 radical (unpaired) electrons. The number of fused-ring (bicyclic) bond motifs is 1. The van der Waals surface area contributed by atoms with Crippen molar-refractivity contribution in [1.82, 2.24) is 0 Å². The standard InChI is InChI=1S/C12H17O4P/c1-12(2,3)17(14)7-16-10-6-8(15-4)5-9(13)11(10)17/h5-6,13H,7H2,1-4H3. The van der Waals surface area contributed by atoms with Crippen LogP contribution in [-0.2, 0) is 4.57 Å². The Kier molecular flexibility index (Phi) is 2.66. The summed E-state index contributed by atoms with van der Waals surface area (Å²) in [5.41, 5.74) is 0. The summed E-state index contributed by atoms with van der Waals surface area (Å²) in [5.74, 6) is 0.971. The molecule has 0 amide bonds. The van der Waals surface area contributed by atoms with Gasteiger partial charge in [-0.25, -0.2) is 0 Å². The Hall–Kier alpha value is -1.15. The van der Waals surface area contributed by atoms with E-state index in [1.165, 1.54) is 13.2 Å². The first-order valence-corrected chi connectivity index (χ1v) is 7.32. The molecule has 0 bridgehead atoms. The van der Waals surface area contributed by atoms with Crippen molar-refractivity contribution in [2.75, 3.05) is 13.5 Å². The lowest BCUT2D eigenvalue weighted by atomic mass is 10.2. The summed E-state index contributed by atoms with van der Waals surface area (Å²) in [5, 5.41) is 10.0. The highest BCUT2D eigenvalue weighted by atomic mass is 31.2. The molecule has 1 heterocycles. The van der Waals surface area contributed by atoms with Crippen LogP contribution in [0, 0.1) is 0 Å². The molecule has 1 unspecified atom stereocenters. The fourth-order valence-electron chi connectivity index (χ4n) is 1.91. The van der Waals surface area contributed by atoms with E-state index < -0.39 is 12.3 Å². The van der Waals surface area contributed by atoms with E-state index in [0.29, 0.717) is 16.8 Å². The highest BCUT2D eigenvalue weighted by Crippen LogP contribution is 2.63. The topological polar surface area (TPSA) is 55.8 Å². The zero-order valence-corrected chi connectivity index (χ0v) is 11.4. The maximum Gasteiger partial charge on any atom is 0.163 e. The van der Waals surface area contributed by atoms with Gasteiger partial charge in [-0.3, -0.25) is 0 Å². The number of benzene rings is 1. The van der Waals surface area contributed by atoms with Gasteiger partial charge in [0.2, 0.25) is 0 Å². The molecule has 0 aromatic heterocycles. The molecule has 17 heavy (non-hydrogen) atoms. The average molecular weight is 256 g/mol. The van der Waals surface area contributed by atoms with Crippen LogP contribution in [0.1, 0.15) is 20.8 Å². The molecule has 1 aromatic carbocycles.